The zero-order chi connectivity index (χ0) is 17.0. The Morgan fingerprint density at radius 2 is 2.00 bits per heavy atom. The van der Waals surface area contributed by atoms with Gasteiger partial charge in [0, 0.05) is 24.0 Å². The number of nitrogens with one attached hydrogen (secondary N) is 1. The summed E-state index contributed by atoms with van der Waals surface area (Å²) in [7, 11) is 1.58. The number of hydrogen-bond acceptors (Lipinski definition) is 3. The number of halogens is 1. The Morgan fingerprint density at radius 1 is 1.25 bits per heavy atom. The van der Waals surface area contributed by atoms with Crippen molar-refractivity contribution in [2.75, 3.05) is 0 Å². The van der Waals surface area contributed by atoms with Crippen molar-refractivity contribution in [1.82, 2.24) is 23.5 Å². The molecule has 0 aliphatic rings. The molecule has 122 valence electrons. The van der Waals surface area contributed by atoms with Crippen molar-refractivity contribution in [2.24, 2.45) is 7.05 Å². The normalized spacial score (nSPS) is 11.6. The number of H-pyrrole nitrogens is 1. The standard InChI is InChI=1S/C16H14ClN5O2/c1-9-7-22-12-13(20(2)16(24)19-14(12)23)18-15(22)21(9)8-10-5-3-4-6-11(10)17/h3-7H,8H2,1-2H3,(H,19,23,24). The van der Waals surface area contributed by atoms with E-state index in [0.717, 1.165) is 11.3 Å². The van der Waals surface area contributed by atoms with Crippen molar-refractivity contribution >= 4 is 28.5 Å². The summed E-state index contributed by atoms with van der Waals surface area (Å²) in [4.78, 5) is 30.8. The van der Waals surface area contributed by atoms with Crippen LogP contribution in [0.4, 0.5) is 0 Å². The van der Waals surface area contributed by atoms with Crippen molar-refractivity contribution < 1.29 is 0 Å². The number of imidazole rings is 2. The Balaban J connectivity index is 2.02. The highest BCUT2D eigenvalue weighted by Gasteiger charge is 2.17. The third-order valence-electron chi connectivity index (χ3n) is 4.20. The van der Waals surface area contributed by atoms with Crippen LogP contribution in [0, 0.1) is 6.92 Å². The van der Waals surface area contributed by atoms with Crippen molar-refractivity contribution in [3.05, 3.63) is 67.6 Å². The molecule has 4 aromatic rings. The number of benzene rings is 1. The second-order valence-corrected chi connectivity index (χ2v) is 6.13. The zero-order valence-corrected chi connectivity index (χ0v) is 13.8. The largest absolute Gasteiger partial charge is 0.329 e. The predicted octanol–water partition coefficient (Wildman–Crippen LogP) is 1.69. The summed E-state index contributed by atoms with van der Waals surface area (Å²) in [6.07, 6.45) is 1.83. The SMILES string of the molecule is Cc1cn2c3c(=O)[nH]c(=O)n(C)c3nc2n1Cc1ccccc1Cl. The third-order valence-corrected chi connectivity index (χ3v) is 4.57. The second kappa shape index (κ2) is 5.10. The number of aryl methyl sites for hydroxylation is 2. The van der Waals surface area contributed by atoms with E-state index in [1.807, 2.05) is 42.0 Å². The van der Waals surface area contributed by atoms with E-state index < -0.39 is 11.2 Å². The van der Waals surface area contributed by atoms with Crippen LogP contribution in [-0.4, -0.2) is 23.5 Å². The van der Waals surface area contributed by atoms with Gasteiger partial charge in [0.25, 0.3) is 5.56 Å². The molecule has 24 heavy (non-hydrogen) atoms. The molecule has 1 aromatic carbocycles. The lowest BCUT2D eigenvalue weighted by Crippen LogP contribution is -2.28. The van der Waals surface area contributed by atoms with Gasteiger partial charge in [0.1, 0.15) is 0 Å². The highest BCUT2D eigenvalue weighted by molar-refractivity contribution is 6.31. The van der Waals surface area contributed by atoms with E-state index in [0.29, 0.717) is 28.5 Å². The van der Waals surface area contributed by atoms with Gasteiger partial charge in [-0.05, 0) is 18.6 Å². The van der Waals surface area contributed by atoms with Crippen molar-refractivity contribution in [3.63, 3.8) is 0 Å². The topological polar surface area (TPSA) is 77.1 Å². The maximum absolute atomic E-state index is 12.2. The van der Waals surface area contributed by atoms with Gasteiger partial charge < -0.3 is 4.57 Å². The monoisotopic (exact) mass is 343 g/mol. The van der Waals surface area contributed by atoms with Crippen LogP contribution in [0.15, 0.2) is 40.1 Å². The average molecular weight is 344 g/mol. The fourth-order valence-corrected chi connectivity index (χ4v) is 3.11. The summed E-state index contributed by atoms with van der Waals surface area (Å²) in [5, 5.41) is 0.671. The second-order valence-electron chi connectivity index (χ2n) is 5.72. The summed E-state index contributed by atoms with van der Waals surface area (Å²) >= 11 is 6.25. The summed E-state index contributed by atoms with van der Waals surface area (Å²) in [6, 6.07) is 7.59. The summed E-state index contributed by atoms with van der Waals surface area (Å²) in [5.41, 5.74) is 1.67. The molecule has 0 atom stereocenters. The number of aromatic amines is 1. The van der Waals surface area contributed by atoms with Crippen LogP contribution in [0.2, 0.25) is 5.02 Å². The maximum Gasteiger partial charge on any atom is 0.329 e. The first-order valence-corrected chi connectivity index (χ1v) is 7.76. The highest BCUT2D eigenvalue weighted by Crippen LogP contribution is 2.21. The van der Waals surface area contributed by atoms with E-state index in [9.17, 15) is 9.59 Å². The number of nitrogens with zero attached hydrogens (tertiary/aromatic N) is 4. The minimum Gasteiger partial charge on any atom is -0.310 e. The van der Waals surface area contributed by atoms with Crippen LogP contribution in [0.3, 0.4) is 0 Å². The fraction of sp³-hybridized carbons (Fsp3) is 0.188. The van der Waals surface area contributed by atoms with Crippen LogP contribution in [0.5, 0.6) is 0 Å². The fourth-order valence-electron chi connectivity index (χ4n) is 2.91. The molecule has 3 heterocycles. The molecular weight excluding hydrogens is 330 g/mol. The molecule has 0 fully saturated rings. The lowest BCUT2D eigenvalue weighted by molar-refractivity contribution is 0.788. The van der Waals surface area contributed by atoms with E-state index >= 15 is 0 Å². The first kappa shape index (κ1) is 14.8. The molecule has 8 heteroatoms. The molecule has 0 saturated heterocycles. The van der Waals surface area contributed by atoms with Crippen molar-refractivity contribution in [2.45, 2.75) is 13.5 Å². The van der Waals surface area contributed by atoms with E-state index in [4.69, 9.17) is 11.6 Å². The van der Waals surface area contributed by atoms with Gasteiger partial charge in [0.2, 0.25) is 5.78 Å². The Labute approximate surface area is 140 Å². The molecule has 0 aliphatic carbocycles. The number of hydrogen-bond donors (Lipinski definition) is 1. The number of fused-ring (bicyclic) bond motifs is 3. The molecule has 0 bridgehead atoms. The van der Waals surface area contributed by atoms with Crippen LogP contribution in [0.1, 0.15) is 11.3 Å². The minimum atomic E-state index is -0.484. The Hall–Kier alpha value is -2.80. The van der Waals surface area contributed by atoms with Crippen LogP contribution in [0.25, 0.3) is 16.9 Å². The zero-order valence-electron chi connectivity index (χ0n) is 13.1. The maximum atomic E-state index is 12.2. The molecule has 0 unspecified atom stereocenters. The lowest BCUT2D eigenvalue weighted by Gasteiger charge is -2.07. The van der Waals surface area contributed by atoms with E-state index in [1.54, 1.807) is 11.4 Å². The molecule has 0 amide bonds. The Morgan fingerprint density at radius 3 is 2.75 bits per heavy atom. The molecule has 0 radical (unpaired) electrons. The van der Waals surface area contributed by atoms with Crippen molar-refractivity contribution in [1.29, 1.82) is 0 Å². The van der Waals surface area contributed by atoms with Crippen LogP contribution in [-0.2, 0) is 13.6 Å². The molecule has 3 aromatic heterocycles. The van der Waals surface area contributed by atoms with Crippen LogP contribution < -0.4 is 11.2 Å². The van der Waals surface area contributed by atoms with E-state index in [-0.39, 0.29) is 0 Å². The number of rotatable bonds is 2. The molecule has 0 saturated carbocycles. The molecular formula is C16H14ClN5O2. The summed E-state index contributed by atoms with van der Waals surface area (Å²) < 4.78 is 5.00. The van der Waals surface area contributed by atoms with Gasteiger partial charge in [-0.25, -0.2) is 4.79 Å². The quantitative estimate of drug-likeness (QED) is 0.601. The van der Waals surface area contributed by atoms with E-state index in [1.165, 1.54) is 4.57 Å². The minimum absolute atomic E-state index is 0.353. The van der Waals surface area contributed by atoms with Gasteiger partial charge in [0.15, 0.2) is 11.2 Å². The van der Waals surface area contributed by atoms with Gasteiger partial charge in [-0.2, -0.15) is 4.98 Å². The predicted molar refractivity (Wildman–Crippen MR) is 91.8 cm³/mol. The lowest BCUT2D eigenvalue weighted by atomic mass is 10.2. The average Bonchev–Trinajstić information content (AvgIpc) is 3.04. The Bertz CT molecular complexity index is 1210. The smallest absolute Gasteiger partial charge is 0.310 e. The van der Waals surface area contributed by atoms with Gasteiger partial charge in [-0.15, -0.1) is 0 Å². The molecule has 0 spiro atoms. The highest BCUT2D eigenvalue weighted by atomic mass is 35.5. The summed E-state index contributed by atoms with van der Waals surface area (Å²) in [5.74, 6) is 0.592. The van der Waals surface area contributed by atoms with E-state index in [2.05, 4.69) is 9.97 Å². The van der Waals surface area contributed by atoms with Gasteiger partial charge in [-0.1, -0.05) is 29.8 Å². The summed E-state index contributed by atoms with van der Waals surface area (Å²) in [6.45, 7) is 2.46. The molecule has 1 N–H and O–H groups in total. The Kier molecular flexibility index (Phi) is 3.14. The number of aromatic nitrogens is 5. The van der Waals surface area contributed by atoms with Crippen LogP contribution >= 0.6 is 11.6 Å². The molecule has 7 nitrogen and oxygen atoms in total. The van der Waals surface area contributed by atoms with Gasteiger partial charge in [0.05, 0.1) is 6.54 Å². The van der Waals surface area contributed by atoms with Gasteiger partial charge in [-0.3, -0.25) is 18.7 Å². The molecule has 4 rings (SSSR count). The third kappa shape index (κ3) is 2.01. The first-order chi connectivity index (χ1) is 11.5. The first-order valence-electron chi connectivity index (χ1n) is 7.38. The molecule has 0 aliphatic heterocycles. The van der Waals surface area contributed by atoms with Crippen molar-refractivity contribution in [3.8, 4) is 0 Å². The van der Waals surface area contributed by atoms with Gasteiger partial charge >= 0.3 is 5.69 Å².